The summed E-state index contributed by atoms with van der Waals surface area (Å²) in [5, 5.41) is 10.2. The third-order valence-corrected chi connectivity index (χ3v) is 3.62. The molecule has 0 bridgehead atoms. The zero-order chi connectivity index (χ0) is 14.8. The smallest absolute Gasteiger partial charge is 0.139 e. The van der Waals surface area contributed by atoms with Crippen LogP contribution >= 0.6 is 0 Å². The van der Waals surface area contributed by atoms with Crippen LogP contribution in [0.1, 0.15) is 30.8 Å². The molecule has 3 rings (SSSR count). The molecule has 3 nitrogen and oxygen atoms in total. The van der Waals surface area contributed by atoms with Gasteiger partial charge in [-0.25, -0.2) is 9.37 Å². The molecule has 1 N–H and O–H groups in total. The van der Waals surface area contributed by atoms with Crippen LogP contribution in [-0.2, 0) is 6.54 Å². The Balaban J connectivity index is 2.08. The fourth-order valence-corrected chi connectivity index (χ4v) is 2.47. The minimum atomic E-state index is -0.599. The maximum Gasteiger partial charge on any atom is 0.139 e. The standard InChI is InChI=1S/C17H17FN2O/c1-2-16(21)17-19-14-5-3-4-6-15(14)20(17)11-12-7-9-13(18)10-8-12/h3-10,16,21H,2,11H2,1H3/t16-/m0/s1. The monoisotopic (exact) mass is 284 g/mol. The Labute approximate surface area is 122 Å². The molecule has 21 heavy (non-hydrogen) atoms. The number of para-hydroxylation sites is 2. The fraction of sp³-hybridized carbons (Fsp3) is 0.235. The summed E-state index contributed by atoms with van der Waals surface area (Å²) >= 11 is 0. The van der Waals surface area contributed by atoms with Gasteiger partial charge in [0.15, 0.2) is 0 Å². The fourth-order valence-electron chi connectivity index (χ4n) is 2.47. The van der Waals surface area contributed by atoms with E-state index in [1.165, 1.54) is 12.1 Å². The molecular weight excluding hydrogens is 267 g/mol. The molecule has 0 saturated heterocycles. The summed E-state index contributed by atoms with van der Waals surface area (Å²) in [6.07, 6.45) is 0.00469. The normalized spacial score (nSPS) is 12.7. The van der Waals surface area contributed by atoms with E-state index in [-0.39, 0.29) is 5.82 Å². The highest BCUT2D eigenvalue weighted by Gasteiger charge is 2.16. The highest BCUT2D eigenvalue weighted by atomic mass is 19.1. The number of nitrogens with zero attached hydrogens (tertiary/aromatic N) is 2. The first-order chi connectivity index (χ1) is 10.2. The molecule has 0 saturated carbocycles. The molecule has 2 aromatic carbocycles. The van der Waals surface area contributed by atoms with Crippen molar-refractivity contribution in [2.75, 3.05) is 0 Å². The molecule has 0 aliphatic heterocycles. The van der Waals surface area contributed by atoms with Gasteiger partial charge >= 0.3 is 0 Å². The third kappa shape index (κ3) is 2.67. The van der Waals surface area contributed by atoms with E-state index < -0.39 is 6.10 Å². The molecule has 0 aliphatic carbocycles. The van der Waals surface area contributed by atoms with Crippen molar-refractivity contribution in [3.05, 3.63) is 65.7 Å². The lowest BCUT2D eigenvalue weighted by atomic mass is 10.2. The quantitative estimate of drug-likeness (QED) is 0.794. The number of hydrogen-bond donors (Lipinski definition) is 1. The van der Waals surface area contributed by atoms with Crippen molar-refractivity contribution in [1.29, 1.82) is 0 Å². The maximum absolute atomic E-state index is 13.0. The summed E-state index contributed by atoms with van der Waals surface area (Å²) in [6, 6.07) is 14.2. The Bertz CT molecular complexity index is 749. The van der Waals surface area contributed by atoms with Crippen LogP contribution < -0.4 is 0 Å². The SMILES string of the molecule is CC[C@H](O)c1nc2ccccc2n1Cc1ccc(F)cc1. The van der Waals surface area contributed by atoms with Gasteiger partial charge in [0, 0.05) is 6.54 Å². The zero-order valence-electron chi connectivity index (χ0n) is 11.8. The van der Waals surface area contributed by atoms with E-state index in [0.29, 0.717) is 18.8 Å². The molecule has 0 amide bonds. The van der Waals surface area contributed by atoms with Gasteiger partial charge in [-0.2, -0.15) is 0 Å². The predicted molar refractivity (Wildman–Crippen MR) is 80.5 cm³/mol. The van der Waals surface area contributed by atoms with Gasteiger partial charge in [-0.05, 0) is 36.2 Å². The number of aliphatic hydroxyl groups excluding tert-OH is 1. The number of aromatic nitrogens is 2. The topological polar surface area (TPSA) is 38.1 Å². The number of fused-ring (bicyclic) bond motifs is 1. The van der Waals surface area contributed by atoms with E-state index in [1.54, 1.807) is 12.1 Å². The van der Waals surface area contributed by atoms with Gasteiger partial charge in [0.25, 0.3) is 0 Å². The molecule has 4 heteroatoms. The molecule has 0 unspecified atom stereocenters. The first kappa shape index (κ1) is 13.8. The highest BCUT2D eigenvalue weighted by molar-refractivity contribution is 5.76. The molecule has 1 heterocycles. The van der Waals surface area contributed by atoms with Crippen LogP contribution in [0.2, 0.25) is 0 Å². The Morgan fingerprint density at radius 2 is 1.86 bits per heavy atom. The van der Waals surface area contributed by atoms with E-state index >= 15 is 0 Å². The van der Waals surface area contributed by atoms with Crippen molar-refractivity contribution in [3.8, 4) is 0 Å². The largest absolute Gasteiger partial charge is 0.385 e. The van der Waals surface area contributed by atoms with Crippen LogP contribution in [0, 0.1) is 5.82 Å². The Morgan fingerprint density at radius 3 is 2.57 bits per heavy atom. The second-order valence-corrected chi connectivity index (χ2v) is 5.10. The summed E-state index contributed by atoms with van der Waals surface area (Å²) in [5.41, 5.74) is 2.82. The molecule has 1 atom stereocenters. The van der Waals surface area contributed by atoms with E-state index in [0.717, 1.165) is 16.6 Å². The molecule has 3 aromatic rings. The minimum absolute atomic E-state index is 0.247. The lowest BCUT2D eigenvalue weighted by Crippen LogP contribution is -2.09. The summed E-state index contributed by atoms with van der Waals surface area (Å²) in [7, 11) is 0. The van der Waals surface area contributed by atoms with E-state index in [4.69, 9.17) is 0 Å². The molecule has 1 aromatic heterocycles. The zero-order valence-corrected chi connectivity index (χ0v) is 11.8. The minimum Gasteiger partial charge on any atom is -0.385 e. The van der Waals surface area contributed by atoms with Gasteiger partial charge in [0.05, 0.1) is 11.0 Å². The summed E-state index contributed by atoms with van der Waals surface area (Å²) in [6.45, 7) is 2.49. The van der Waals surface area contributed by atoms with E-state index in [9.17, 15) is 9.50 Å². The van der Waals surface area contributed by atoms with Crippen molar-refractivity contribution < 1.29 is 9.50 Å². The summed E-state index contributed by atoms with van der Waals surface area (Å²) < 4.78 is 15.0. The van der Waals surface area contributed by atoms with Crippen LogP contribution in [0.3, 0.4) is 0 Å². The molecule has 0 aliphatic rings. The van der Waals surface area contributed by atoms with Crippen LogP contribution in [0.15, 0.2) is 48.5 Å². The Kier molecular flexibility index (Phi) is 3.71. The molecular formula is C17H17FN2O. The van der Waals surface area contributed by atoms with Gasteiger partial charge in [-0.1, -0.05) is 31.2 Å². The second kappa shape index (κ2) is 5.66. The maximum atomic E-state index is 13.0. The van der Waals surface area contributed by atoms with Crippen molar-refractivity contribution in [2.24, 2.45) is 0 Å². The number of aliphatic hydroxyl groups is 1. The average molecular weight is 284 g/mol. The number of imidazole rings is 1. The average Bonchev–Trinajstić information content (AvgIpc) is 2.88. The van der Waals surface area contributed by atoms with Gasteiger partial charge in [0.1, 0.15) is 17.7 Å². The van der Waals surface area contributed by atoms with Crippen LogP contribution in [0.5, 0.6) is 0 Å². The first-order valence-electron chi connectivity index (χ1n) is 7.06. The molecule has 0 fully saturated rings. The van der Waals surface area contributed by atoms with Gasteiger partial charge in [0.2, 0.25) is 0 Å². The molecule has 0 radical (unpaired) electrons. The van der Waals surface area contributed by atoms with Crippen molar-refractivity contribution in [1.82, 2.24) is 9.55 Å². The Morgan fingerprint density at radius 1 is 1.14 bits per heavy atom. The van der Waals surface area contributed by atoms with Gasteiger partial charge in [-0.3, -0.25) is 0 Å². The van der Waals surface area contributed by atoms with Crippen LogP contribution in [0.25, 0.3) is 11.0 Å². The van der Waals surface area contributed by atoms with Gasteiger partial charge < -0.3 is 9.67 Å². The predicted octanol–water partition coefficient (Wildman–Crippen LogP) is 3.67. The van der Waals surface area contributed by atoms with Crippen LogP contribution in [-0.4, -0.2) is 14.7 Å². The second-order valence-electron chi connectivity index (χ2n) is 5.10. The molecule has 0 spiro atoms. The summed E-state index contributed by atoms with van der Waals surface area (Å²) in [4.78, 5) is 4.54. The van der Waals surface area contributed by atoms with Crippen molar-refractivity contribution >= 4 is 11.0 Å². The van der Waals surface area contributed by atoms with Crippen LogP contribution in [0.4, 0.5) is 4.39 Å². The lowest BCUT2D eigenvalue weighted by molar-refractivity contribution is 0.160. The van der Waals surface area contributed by atoms with Gasteiger partial charge in [-0.15, -0.1) is 0 Å². The number of hydrogen-bond acceptors (Lipinski definition) is 2. The number of rotatable bonds is 4. The van der Waals surface area contributed by atoms with E-state index in [2.05, 4.69) is 4.98 Å². The third-order valence-electron chi connectivity index (χ3n) is 3.62. The molecule has 108 valence electrons. The summed E-state index contributed by atoms with van der Waals surface area (Å²) in [5.74, 6) is 0.408. The highest BCUT2D eigenvalue weighted by Crippen LogP contribution is 2.23. The number of halogens is 1. The first-order valence-corrected chi connectivity index (χ1v) is 7.06. The van der Waals surface area contributed by atoms with Crippen molar-refractivity contribution in [2.45, 2.75) is 26.0 Å². The lowest BCUT2D eigenvalue weighted by Gasteiger charge is -2.12. The van der Waals surface area contributed by atoms with Crippen molar-refractivity contribution in [3.63, 3.8) is 0 Å². The Hall–Kier alpha value is -2.20. The van der Waals surface area contributed by atoms with E-state index in [1.807, 2.05) is 35.8 Å². The number of benzene rings is 2.